The fraction of sp³-hybridized carbons (Fsp3) is 0.400. The molecule has 1 aromatic carbocycles. The van der Waals surface area contributed by atoms with Crippen LogP contribution in [0.5, 0.6) is 11.5 Å². The van der Waals surface area contributed by atoms with Gasteiger partial charge in [0.15, 0.2) is 11.5 Å². The second-order valence-corrected chi connectivity index (χ2v) is 6.18. The van der Waals surface area contributed by atoms with Crippen molar-refractivity contribution in [2.24, 2.45) is 0 Å². The van der Waals surface area contributed by atoms with Gasteiger partial charge >= 0.3 is 6.18 Å². The standard InChI is InChI=1S/C15H15F3N2O2S/c16-15(17,18)9-20(8-12-6-19-10-23-12)7-11-1-2-13-14(5-11)22-4-3-21-13/h1-2,5-6,10H,3-4,7-9H2. The average molecular weight is 344 g/mol. The van der Waals surface area contributed by atoms with E-state index in [2.05, 4.69) is 4.98 Å². The lowest BCUT2D eigenvalue weighted by atomic mass is 10.1. The van der Waals surface area contributed by atoms with Crippen molar-refractivity contribution in [3.63, 3.8) is 0 Å². The van der Waals surface area contributed by atoms with Crippen LogP contribution in [0.4, 0.5) is 13.2 Å². The highest BCUT2D eigenvalue weighted by molar-refractivity contribution is 7.09. The van der Waals surface area contributed by atoms with E-state index in [0.717, 1.165) is 10.4 Å². The highest BCUT2D eigenvalue weighted by atomic mass is 32.1. The number of fused-ring (bicyclic) bond motifs is 1. The van der Waals surface area contributed by atoms with E-state index in [1.165, 1.54) is 16.2 Å². The monoisotopic (exact) mass is 344 g/mol. The summed E-state index contributed by atoms with van der Waals surface area (Å²) in [7, 11) is 0. The van der Waals surface area contributed by atoms with Gasteiger partial charge in [0, 0.05) is 24.2 Å². The minimum atomic E-state index is -4.25. The molecule has 0 saturated heterocycles. The molecule has 0 atom stereocenters. The number of halogens is 3. The van der Waals surface area contributed by atoms with Crippen LogP contribution < -0.4 is 9.47 Å². The molecule has 0 unspecified atom stereocenters. The van der Waals surface area contributed by atoms with Crippen LogP contribution in [0.2, 0.25) is 0 Å². The highest BCUT2D eigenvalue weighted by Gasteiger charge is 2.31. The Kier molecular flexibility index (Phi) is 4.72. The Morgan fingerprint density at radius 3 is 2.61 bits per heavy atom. The molecule has 0 amide bonds. The number of aromatic nitrogens is 1. The predicted molar refractivity (Wildman–Crippen MR) is 79.7 cm³/mol. The van der Waals surface area contributed by atoms with Gasteiger partial charge in [-0.05, 0) is 17.7 Å². The van der Waals surface area contributed by atoms with Crippen LogP contribution in [0.1, 0.15) is 10.4 Å². The Hall–Kier alpha value is -1.80. The van der Waals surface area contributed by atoms with Crippen LogP contribution in [0.15, 0.2) is 29.9 Å². The molecule has 4 nitrogen and oxygen atoms in total. The SMILES string of the molecule is FC(F)(F)CN(Cc1ccc2c(c1)OCCO2)Cc1cncs1. The van der Waals surface area contributed by atoms with E-state index in [-0.39, 0.29) is 13.1 Å². The van der Waals surface area contributed by atoms with E-state index in [4.69, 9.17) is 9.47 Å². The highest BCUT2D eigenvalue weighted by Crippen LogP contribution is 2.31. The van der Waals surface area contributed by atoms with Gasteiger partial charge in [0.1, 0.15) is 13.2 Å². The molecule has 23 heavy (non-hydrogen) atoms. The number of thiazole rings is 1. The maximum atomic E-state index is 12.8. The normalized spacial score (nSPS) is 14.3. The zero-order chi connectivity index (χ0) is 16.3. The smallest absolute Gasteiger partial charge is 0.401 e. The van der Waals surface area contributed by atoms with Crippen LogP contribution in [0.25, 0.3) is 0 Å². The van der Waals surface area contributed by atoms with Crippen LogP contribution >= 0.6 is 11.3 Å². The molecule has 1 aromatic heterocycles. The van der Waals surface area contributed by atoms with Crippen molar-refractivity contribution in [1.82, 2.24) is 9.88 Å². The van der Waals surface area contributed by atoms with E-state index < -0.39 is 12.7 Å². The minimum absolute atomic E-state index is 0.175. The van der Waals surface area contributed by atoms with Crippen molar-refractivity contribution < 1.29 is 22.6 Å². The Labute approximate surface area is 135 Å². The molecule has 0 fully saturated rings. The number of alkyl halides is 3. The van der Waals surface area contributed by atoms with Gasteiger partial charge in [0.05, 0.1) is 12.1 Å². The first-order chi connectivity index (χ1) is 11.0. The quantitative estimate of drug-likeness (QED) is 0.832. The second-order valence-electron chi connectivity index (χ2n) is 5.21. The number of benzene rings is 1. The molecule has 0 radical (unpaired) electrons. The van der Waals surface area contributed by atoms with Crippen LogP contribution in [0.3, 0.4) is 0 Å². The number of ether oxygens (including phenoxy) is 2. The van der Waals surface area contributed by atoms with Crippen LogP contribution in [0, 0.1) is 0 Å². The summed E-state index contributed by atoms with van der Waals surface area (Å²) >= 11 is 1.35. The van der Waals surface area contributed by atoms with Crippen molar-refractivity contribution in [2.45, 2.75) is 19.3 Å². The summed E-state index contributed by atoms with van der Waals surface area (Å²) in [6.07, 6.45) is -2.66. The van der Waals surface area contributed by atoms with E-state index in [0.29, 0.717) is 24.7 Å². The van der Waals surface area contributed by atoms with Crippen molar-refractivity contribution >= 4 is 11.3 Å². The summed E-state index contributed by atoms with van der Waals surface area (Å²) < 4.78 is 49.3. The molecule has 2 heterocycles. The predicted octanol–water partition coefficient (Wildman–Crippen LogP) is 3.48. The molecule has 2 aromatic rings. The molecule has 0 spiro atoms. The van der Waals surface area contributed by atoms with Gasteiger partial charge in [-0.1, -0.05) is 6.07 Å². The molecule has 0 aliphatic carbocycles. The van der Waals surface area contributed by atoms with Gasteiger partial charge in [0.2, 0.25) is 0 Å². The molecule has 0 bridgehead atoms. The molecule has 1 aliphatic heterocycles. The number of hydrogen-bond donors (Lipinski definition) is 0. The lowest BCUT2D eigenvalue weighted by Crippen LogP contribution is -2.33. The van der Waals surface area contributed by atoms with Crippen LogP contribution in [-0.4, -0.2) is 35.8 Å². The maximum Gasteiger partial charge on any atom is 0.401 e. The Morgan fingerprint density at radius 1 is 1.13 bits per heavy atom. The number of hydrogen-bond acceptors (Lipinski definition) is 5. The first-order valence-corrected chi connectivity index (χ1v) is 7.92. The molecule has 1 aliphatic rings. The average Bonchev–Trinajstić information content (AvgIpc) is 2.98. The summed E-state index contributed by atoms with van der Waals surface area (Å²) in [4.78, 5) is 6.05. The largest absolute Gasteiger partial charge is 0.486 e. The Bertz CT molecular complexity index is 647. The molecule has 3 rings (SSSR count). The summed E-state index contributed by atoms with van der Waals surface area (Å²) in [5.41, 5.74) is 2.37. The Balaban J connectivity index is 1.74. The molecule has 0 N–H and O–H groups in total. The lowest BCUT2D eigenvalue weighted by molar-refractivity contribution is -0.148. The van der Waals surface area contributed by atoms with Crippen molar-refractivity contribution in [1.29, 1.82) is 0 Å². The third kappa shape index (κ3) is 4.59. The van der Waals surface area contributed by atoms with Gasteiger partial charge < -0.3 is 9.47 Å². The summed E-state index contributed by atoms with van der Waals surface area (Å²) in [5.74, 6) is 1.21. The van der Waals surface area contributed by atoms with E-state index in [9.17, 15) is 13.2 Å². The summed E-state index contributed by atoms with van der Waals surface area (Å²) in [5, 5.41) is 0. The van der Waals surface area contributed by atoms with Gasteiger partial charge in [0.25, 0.3) is 0 Å². The van der Waals surface area contributed by atoms with Crippen LogP contribution in [-0.2, 0) is 13.1 Å². The molecular weight excluding hydrogens is 329 g/mol. The third-order valence-corrected chi connectivity index (χ3v) is 4.04. The van der Waals surface area contributed by atoms with E-state index >= 15 is 0 Å². The molecule has 0 saturated carbocycles. The summed E-state index contributed by atoms with van der Waals surface area (Å²) in [6, 6.07) is 5.25. The first kappa shape index (κ1) is 16.1. The molecular formula is C15H15F3N2O2S. The molecule has 124 valence electrons. The van der Waals surface area contributed by atoms with Crippen molar-refractivity contribution in [2.75, 3.05) is 19.8 Å². The first-order valence-electron chi connectivity index (χ1n) is 7.04. The fourth-order valence-corrected chi connectivity index (χ4v) is 3.04. The van der Waals surface area contributed by atoms with Crippen molar-refractivity contribution in [3.05, 3.63) is 40.3 Å². The maximum absolute atomic E-state index is 12.8. The lowest BCUT2D eigenvalue weighted by Gasteiger charge is -2.24. The topological polar surface area (TPSA) is 34.6 Å². The third-order valence-electron chi connectivity index (χ3n) is 3.28. The van der Waals surface area contributed by atoms with Gasteiger partial charge in [-0.2, -0.15) is 13.2 Å². The number of rotatable bonds is 5. The number of nitrogens with zero attached hydrogens (tertiary/aromatic N) is 2. The van der Waals surface area contributed by atoms with Gasteiger partial charge in [-0.25, -0.2) is 0 Å². The minimum Gasteiger partial charge on any atom is -0.486 e. The fourth-order valence-electron chi connectivity index (χ4n) is 2.41. The van der Waals surface area contributed by atoms with E-state index in [1.807, 2.05) is 0 Å². The van der Waals surface area contributed by atoms with Gasteiger partial charge in [-0.3, -0.25) is 9.88 Å². The van der Waals surface area contributed by atoms with Gasteiger partial charge in [-0.15, -0.1) is 11.3 Å². The molecule has 8 heteroatoms. The zero-order valence-corrected chi connectivity index (χ0v) is 13.0. The summed E-state index contributed by atoms with van der Waals surface area (Å²) in [6.45, 7) is 0.341. The van der Waals surface area contributed by atoms with Crippen molar-refractivity contribution in [3.8, 4) is 11.5 Å². The Morgan fingerprint density at radius 2 is 1.91 bits per heavy atom. The second kappa shape index (κ2) is 6.76. The zero-order valence-electron chi connectivity index (χ0n) is 12.2. The van der Waals surface area contributed by atoms with E-state index in [1.54, 1.807) is 29.9 Å².